The Morgan fingerprint density at radius 1 is 1.29 bits per heavy atom. The average Bonchev–Trinajstić information content (AvgIpc) is 3.34. The summed E-state index contributed by atoms with van der Waals surface area (Å²) in [5, 5.41) is 8.40. The summed E-state index contributed by atoms with van der Waals surface area (Å²) in [6.45, 7) is 2.20. The average molecular weight is 416 g/mol. The van der Waals surface area contributed by atoms with Crippen molar-refractivity contribution < 1.29 is 21.6 Å². The fourth-order valence-electron chi connectivity index (χ4n) is 3.78. The zero-order chi connectivity index (χ0) is 20.1. The van der Waals surface area contributed by atoms with E-state index in [0.29, 0.717) is 23.5 Å². The highest BCUT2D eigenvalue weighted by atomic mass is 32.2. The summed E-state index contributed by atoms with van der Waals surface area (Å²) in [5.74, 6) is -0.662. The maximum atomic E-state index is 12.5. The van der Waals surface area contributed by atoms with Crippen molar-refractivity contribution in [3.8, 4) is 0 Å². The summed E-state index contributed by atoms with van der Waals surface area (Å²) in [4.78, 5) is 7.27. The first-order valence-corrected chi connectivity index (χ1v) is 10.5. The van der Waals surface area contributed by atoms with Crippen LogP contribution in [-0.4, -0.2) is 62.3 Å². The van der Waals surface area contributed by atoms with Crippen molar-refractivity contribution in [2.75, 3.05) is 18.8 Å². The van der Waals surface area contributed by atoms with Gasteiger partial charge in [-0.05, 0) is 12.0 Å². The third-order valence-electron chi connectivity index (χ3n) is 5.27. The van der Waals surface area contributed by atoms with Gasteiger partial charge in [-0.25, -0.2) is 17.7 Å². The molecule has 3 aromatic heterocycles. The van der Waals surface area contributed by atoms with Gasteiger partial charge in [0.25, 0.3) is 0 Å². The van der Waals surface area contributed by atoms with Crippen molar-refractivity contribution in [1.29, 1.82) is 0 Å². The third-order valence-corrected chi connectivity index (χ3v) is 7.07. The fourth-order valence-corrected chi connectivity index (χ4v) is 5.33. The van der Waals surface area contributed by atoms with Crippen LogP contribution in [0.3, 0.4) is 0 Å². The first-order valence-electron chi connectivity index (χ1n) is 8.91. The van der Waals surface area contributed by atoms with Crippen LogP contribution in [0.1, 0.15) is 31.5 Å². The number of hydrogen-bond donors (Lipinski definition) is 1. The van der Waals surface area contributed by atoms with Crippen molar-refractivity contribution >= 4 is 26.8 Å². The van der Waals surface area contributed by atoms with Crippen LogP contribution in [-0.2, 0) is 10.0 Å². The molecule has 0 radical (unpaired) electrons. The predicted octanol–water partition coefficient (Wildman–Crippen LogP) is 2.31. The Bertz CT molecular complexity index is 1110. The number of sulfonamides is 1. The Morgan fingerprint density at radius 2 is 2.07 bits per heavy atom. The Morgan fingerprint density at radius 3 is 2.79 bits per heavy atom. The largest absolute Gasteiger partial charge is 0.390 e. The van der Waals surface area contributed by atoms with Crippen LogP contribution in [0.4, 0.5) is 13.2 Å². The molecular weight excluding hydrogens is 397 g/mol. The highest BCUT2D eigenvalue weighted by Crippen LogP contribution is 2.36. The number of rotatable bonds is 5. The van der Waals surface area contributed by atoms with E-state index in [9.17, 15) is 21.6 Å². The maximum Gasteiger partial charge on any atom is 0.390 e. The van der Waals surface area contributed by atoms with Crippen molar-refractivity contribution in [1.82, 2.24) is 28.9 Å². The van der Waals surface area contributed by atoms with Gasteiger partial charge in [-0.3, -0.25) is 4.40 Å². The molecule has 28 heavy (non-hydrogen) atoms. The van der Waals surface area contributed by atoms with Gasteiger partial charge in [-0.15, -0.1) is 10.2 Å². The molecule has 8 nitrogen and oxygen atoms in total. The quantitative estimate of drug-likeness (QED) is 0.689. The van der Waals surface area contributed by atoms with Crippen LogP contribution in [0, 0.1) is 5.92 Å². The van der Waals surface area contributed by atoms with Crippen LogP contribution in [0.25, 0.3) is 16.8 Å². The minimum Gasteiger partial charge on any atom is -0.345 e. The number of fused-ring (bicyclic) bond motifs is 3. The molecule has 0 aromatic carbocycles. The topological polar surface area (TPSA) is 96.2 Å². The van der Waals surface area contributed by atoms with E-state index in [1.165, 1.54) is 0 Å². The SMILES string of the molecule is CC[C@H]1CN(S(=O)(=O)CCC(F)(F)F)C[C@H]1c1nnc2cnc3[nH]ccc3n12. The molecule has 12 heteroatoms. The van der Waals surface area contributed by atoms with Crippen LogP contribution in [0.2, 0.25) is 0 Å². The number of H-pyrrole nitrogens is 1. The van der Waals surface area contributed by atoms with Gasteiger partial charge in [0.05, 0.1) is 23.9 Å². The molecule has 3 aromatic rings. The van der Waals surface area contributed by atoms with E-state index >= 15 is 0 Å². The van der Waals surface area contributed by atoms with Gasteiger partial charge in [0.1, 0.15) is 5.82 Å². The van der Waals surface area contributed by atoms with Gasteiger partial charge < -0.3 is 4.98 Å². The van der Waals surface area contributed by atoms with E-state index in [1.807, 2.05) is 17.4 Å². The Labute approximate surface area is 158 Å². The molecule has 0 bridgehead atoms. The first-order chi connectivity index (χ1) is 13.2. The molecule has 2 atom stereocenters. The van der Waals surface area contributed by atoms with Gasteiger partial charge >= 0.3 is 6.18 Å². The van der Waals surface area contributed by atoms with E-state index in [-0.39, 0.29) is 24.9 Å². The van der Waals surface area contributed by atoms with E-state index < -0.39 is 28.4 Å². The molecule has 1 N–H and O–H groups in total. The molecule has 4 heterocycles. The lowest BCUT2D eigenvalue weighted by Gasteiger charge is -2.17. The predicted molar refractivity (Wildman–Crippen MR) is 95.2 cm³/mol. The number of halogens is 3. The standard InChI is InChI=1S/C16H19F3N6O2S/c1-2-10-8-24(28(26,27)6-4-16(17,18)19)9-11(10)15-23-22-13-7-21-14-12(25(13)15)3-5-20-14/h3,5,7,10-11,20H,2,4,6,8-9H2,1H3/t10-,11+/m0/s1. The number of aromatic amines is 1. The molecule has 1 fully saturated rings. The summed E-state index contributed by atoms with van der Waals surface area (Å²) in [6.07, 6.45) is -1.88. The summed E-state index contributed by atoms with van der Waals surface area (Å²) in [7, 11) is -4.01. The molecule has 0 aliphatic carbocycles. The number of hydrogen-bond acceptors (Lipinski definition) is 5. The summed E-state index contributed by atoms with van der Waals surface area (Å²) in [6, 6.07) is 1.83. The fraction of sp³-hybridized carbons (Fsp3) is 0.562. The lowest BCUT2D eigenvalue weighted by molar-refractivity contribution is -0.130. The molecule has 0 spiro atoms. The normalized spacial score (nSPS) is 21.9. The van der Waals surface area contributed by atoms with E-state index in [1.54, 1.807) is 12.4 Å². The second-order valence-corrected chi connectivity index (χ2v) is 9.08. The van der Waals surface area contributed by atoms with Crippen LogP contribution in [0.15, 0.2) is 18.5 Å². The second-order valence-electron chi connectivity index (χ2n) is 6.99. The second kappa shape index (κ2) is 6.69. The zero-order valence-corrected chi connectivity index (χ0v) is 15.8. The molecule has 4 rings (SSSR count). The lowest BCUT2D eigenvalue weighted by atomic mass is 9.93. The first kappa shape index (κ1) is 19.1. The smallest absolute Gasteiger partial charge is 0.345 e. The molecular formula is C16H19F3N6O2S. The van der Waals surface area contributed by atoms with Gasteiger partial charge in [-0.2, -0.15) is 13.2 Å². The zero-order valence-electron chi connectivity index (χ0n) is 15.0. The molecule has 152 valence electrons. The van der Waals surface area contributed by atoms with Crippen LogP contribution >= 0.6 is 0 Å². The minimum absolute atomic E-state index is 0.0600. The van der Waals surface area contributed by atoms with Gasteiger partial charge in [-0.1, -0.05) is 13.3 Å². The molecule has 0 saturated carbocycles. The molecule has 1 saturated heterocycles. The van der Waals surface area contributed by atoms with Crippen molar-refractivity contribution in [2.24, 2.45) is 5.92 Å². The Kier molecular flexibility index (Phi) is 4.57. The summed E-state index contributed by atoms with van der Waals surface area (Å²) < 4.78 is 65.4. The molecule has 0 unspecified atom stereocenters. The number of nitrogens with one attached hydrogen (secondary N) is 1. The van der Waals surface area contributed by atoms with E-state index in [4.69, 9.17) is 0 Å². The maximum absolute atomic E-state index is 12.5. The van der Waals surface area contributed by atoms with E-state index in [2.05, 4.69) is 20.2 Å². The van der Waals surface area contributed by atoms with Crippen molar-refractivity contribution in [3.63, 3.8) is 0 Å². The van der Waals surface area contributed by atoms with E-state index in [0.717, 1.165) is 9.82 Å². The highest BCUT2D eigenvalue weighted by Gasteiger charge is 2.42. The minimum atomic E-state index is -4.51. The highest BCUT2D eigenvalue weighted by molar-refractivity contribution is 7.89. The van der Waals surface area contributed by atoms with Crippen LogP contribution in [0.5, 0.6) is 0 Å². The number of nitrogens with zero attached hydrogens (tertiary/aromatic N) is 5. The Hall–Kier alpha value is -2.21. The third kappa shape index (κ3) is 3.34. The van der Waals surface area contributed by atoms with Gasteiger partial charge in [0, 0.05) is 25.2 Å². The number of alkyl halides is 3. The summed E-state index contributed by atoms with van der Waals surface area (Å²) >= 11 is 0. The Balaban J connectivity index is 1.67. The van der Waals surface area contributed by atoms with Crippen molar-refractivity contribution in [3.05, 3.63) is 24.3 Å². The van der Waals surface area contributed by atoms with Gasteiger partial charge in [0.2, 0.25) is 10.0 Å². The van der Waals surface area contributed by atoms with Crippen molar-refractivity contribution in [2.45, 2.75) is 31.9 Å². The molecule has 1 aliphatic rings. The molecule has 0 amide bonds. The van der Waals surface area contributed by atoms with Gasteiger partial charge in [0.15, 0.2) is 11.3 Å². The monoisotopic (exact) mass is 416 g/mol. The summed E-state index contributed by atoms with van der Waals surface area (Å²) in [5.41, 5.74) is 1.95. The van der Waals surface area contributed by atoms with Crippen LogP contribution < -0.4 is 0 Å². The molecule has 1 aliphatic heterocycles. The number of aromatic nitrogens is 5. The lowest BCUT2D eigenvalue weighted by Crippen LogP contribution is -2.33.